The third-order valence-corrected chi connectivity index (χ3v) is 6.54. The summed E-state index contributed by atoms with van der Waals surface area (Å²) in [6.45, 7) is -0.723. The number of hydrogen-bond acceptors (Lipinski definition) is 2. The van der Waals surface area contributed by atoms with E-state index in [1.807, 2.05) is 6.07 Å². The lowest BCUT2D eigenvalue weighted by Gasteiger charge is -2.28. The van der Waals surface area contributed by atoms with E-state index in [1.54, 1.807) is 12.1 Å². The lowest BCUT2D eigenvalue weighted by atomic mass is 9.77. The summed E-state index contributed by atoms with van der Waals surface area (Å²) in [6, 6.07) is 15.0. The van der Waals surface area contributed by atoms with Gasteiger partial charge >= 0.3 is 6.61 Å². The quantitative estimate of drug-likeness (QED) is 0.294. The lowest BCUT2D eigenvalue weighted by molar-refractivity contribution is -0.0498. The molecule has 0 aliphatic heterocycles. The lowest BCUT2D eigenvalue weighted by Crippen LogP contribution is -2.13. The normalized spacial score (nSPS) is 17.7. The molecule has 3 aromatic rings. The Kier molecular flexibility index (Phi) is 9.19. The third-order valence-electron chi connectivity index (χ3n) is 6.54. The van der Waals surface area contributed by atoms with Gasteiger partial charge in [-0.1, -0.05) is 51.5 Å². The molecular formula is C29H32F4O2. The van der Waals surface area contributed by atoms with Crippen LogP contribution in [0.25, 0.3) is 11.1 Å². The van der Waals surface area contributed by atoms with E-state index in [-0.39, 0.29) is 35.8 Å². The Morgan fingerprint density at radius 2 is 1.54 bits per heavy atom. The minimum Gasteiger partial charge on any atom is -0.454 e. The maximum absolute atomic E-state index is 15.2. The standard InChI is InChI=1S/C28H28F4O2.CH4/c1-2-4-18-7-9-19(10-8-18)20-11-16-23(25(29)17-20)24-5-3-6-26(27(24)30)33-21-12-14-22(15-13-21)34-28(31)32;/h3,5-6,11-19,28H,2,4,7-10H2,1H3;1H4. The number of rotatable bonds is 8. The molecule has 35 heavy (non-hydrogen) atoms. The molecule has 0 saturated heterocycles. The van der Waals surface area contributed by atoms with E-state index in [4.69, 9.17) is 4.74 Å². The highest BCUT2D eigenvalue weighted by Gasteiger charge is 2.23. The van der Waals surface area contributed by atoms with Crippen molar-refractivity contribution < 1.29 is 27.0 Å². The highest BCUT2D eigenvalue weighted by Crippen LogP contribution is 2.39. The average molecular weight is 489 g/mol. The fourth-order valence-corrected chi connectivity index (χ4v) is 4.81. The van der Waals surface area contributed by atoms with Crippen LogP contribution in [0.15, 0.2) is 60.7 Å². The first-order valence-corrected chi connectivity index (χ1v) is 11.8. The molecule has 3 aromatic carbocycles. The minimum absolute atomic E-state index is 0. The van der Waals surface area contributed by atoms with Crippen LogP contribution in [0.2, 0.25) is 0 Å². The number of ether oxygens (including phenoxy) is 2. The van der Waals surface area contributed by atoms with Crippen LogP contribution in [-0.2, 0) is 0 Å². The van der Waals surface area contributed by atoms with Gasteiger partial charge in [0.1, 0.15) is 17.3 Å². The molecule has 2 nitrogen and oxygen atoms in total. The second kappa shape index (κ2) is 12.1. The van der Waals surface area contributed by atoms with E-state index in [0.717, 1.165) is 24.3 Å². The molecule has 0 radical (unpaired) electrons. The highest BCUT2D eigenvalue weighted by atomic mass is 19.3. The van der Waals surface area contributed by atoms with E-state index in [9.17, 15) is 8.78 Å². The molecule has 0 amide bonds. The second-order valence-corrected chi connectivity index (χ2v) is 8.82. The largest absolute Gasteiger partial charge is 0.454 e. The van der Waals surface area contributed by atoms with Crippen LogP contribution in [-0.4, -0.2) is 6.61 Å². The van der Waals surface area contributed by atoms with Crippen LogP contribution < -0.4 is 9.47 Å². The zero-order chi connectivity index (χ0) is 24.1. The summed E-state index contributed by atoms with van der Waals surface area (Å²) in [5, 5.41) is 0. The summed E-state index contributed by atoms with van der Waals surface area (Å²) >= 11 is 0. The monoisotopic (exact) mass is 488 g/mol. The van der Waals surface area contributed by atoms with Crippen LogP contribution in [0.4, 0.5) is 17.6 Å². The van der Waals surface area contributed by atoms with E-state index >= 15 is 8.78 Å². The number of alkyl halides is 2. The second-order valence-electron chi connectivity index (χ2n) is 8.82. The average Bonchev–Trinajstić information content (AvgIpc) is 2.82. The van der Waals surface area contributed by atoms with Crippen LogP contribution in [0.1, 0.15) is 64.4 Å². The number of hydrogen-bond donors (Lipinski definition) is 0. The molecule has 188 valence electrons. The molecule has 1 saturated carbocycles. The van der Waals surface area contributed by atoms with Crippen molar-refractivity contribution >= 4 is 0 Å². The molecule has 0 spiro atoms. The first-order valence-electron chi connectivity index (χ1n) is 11.8. The molecule has 0 atom stereocenters. The Balaban J connectivity index is 0.00000342. The minimum atomic E-state index is -2.93. The third kappa shape index (κ3) is 6.56. The van der Waals surface area contributed by atoms with Crippen molar-refractivity contribution in [3.05, 3.63) is 77.9 Å². The number of halogens is 4. The van der Waals surface area contributed by atoms with Gasteiger partial charge < -0.3 is 9.47 Å². The molecule has 0 bridgehead atoms. The predicted octanol–water partition coefficient (Wildman–Crippen LogP) is 9.74. The van der Waals surface area contributed by atoms with Crippen molar-refractivity contribution in [1.82, 2.24) is 0 Å². The topological polar surface area (TPSA) is 18.5 Å². The van der Waals surface area contributed by atoms with Gasteiger partial charge in [-0.3, -0.25) is 0 Å². The summed E-state index contributed by atoms with van der Waals surface area (Å²) in [4.78, 5) is 0. The van der Waals surface area contributed by atoms with Gasteiger partial charge in [0.2, 0.25) is 0 Å². The first-order chi connectivity index (χ1) is 16.4. The Morgan fingerprint density at radius 3 is 2.17 bits per heavy atom. The molecular weight excluding hydrogens is 456 g/mol. The summed E-state index contributed by atoms with van der Waals surface area (Å²) in [7, 11) is 0. The molecule has 1 aliphatic rings. The van der Waals surface area contributed by atoms with Crippen LogP contribution in [0.3, 0.4) is 0 Å². The SMILES string of the molecule is C.CCCC1CCC(c2ccc(-c3cccc(Oc4ccc(OC(F)F)cc4)c3F)c(F)c2)CC1. The van der Waals surface area contributed by atoms with Crippen molar-refractivity contribution in [1.29, 1.82) is 0 Å². The van der Waals surface area contributed by atoms with Gasteiger partial charge in [0.15, 0.2) is 11.6 Å². The van der Waals surface area contributed by atoms with E-state index < -0.39 is 18.2 Å². The molecule has 0 unspecified atom stereocenters. The fourth-order valence-electron chi connectivity index (χ4n) is 4.81. The Labute approximate surface area is 204 Å². The van der Waals surface area contributed by atoms with E-state index in [2.05, 4.69) is 11.7 Å². The molecule has 6 heteroatoms. The summed E-state index contributed by atoms with van der Waals surface area (Å²) < 4.78 is 64.8. The van der Waals surface area contributed by atoms with Gasteiger partial charge in [0.25, 0.3) is 0 Å². The maximum atomic E-state index is 15.2. The van der Waals surface area contributed by atoms with Gasteiger partial charge in [0, 0.05) is 11.1 Å². The van der Waals surface area contributed by atoms with Crippen molar-refractivity contribution in [2.75, 3.05) is 0 Å². The van der Waals surface area contributed by atoms with Crippen molar-refractivity contribution in [3.8, 4) is 28.4 Å². The predicted molar refractivity (Wildman–Crippen MR) is 131 cm³/mol. The van der Waals surface area contributed by atoms with Gasteiger partial charge in [0.05, 0.1) is 0 Å². The number of benzene rings is 3. The Hall–Kier alpha value is -3.02. The Bertz CT molecular complexity index is 1090. The van der Waals surface area contributed by atoms with E-state index in [0.29, 0.717) is 5.92 Å². The molecule has 4 rings (SSSR count). The summed E-state index contributed by atoms with van der Waals surface area (Å²) in [5.41, 5.74) is 1.24. The van der Waals surface area contributed by atoms with Gasteiger partial charge in [-0.15, -0.1) is 0 Å². The Morgan fingerprint density at radius 1 is 0.857 bits per heavy atom. The zero-order valence-electron chi connectivity index (χ0n) is 19.1. The molecule has 0 aromatic heterocycles. The molecule has 1 aliphatic carbocycles. The first kappa shape index (κ1) is 26.6. The summed E-state index contributed by atoms with van der Waals surface area (Å²) in [5.74, 6) is 0.0887. The van der Waals surface area contributed by atoms with Gasteiger partial charge in [-0.2, -0.15) is 8.78 Å². The van der Waals surface area contributed by atoms with Crippen LogP contribution >= 0.6 is 0 Å². The van der Waals surface area contributed by atoms with E-state index in [1.165, 1.54) is 68.1 Å². The van der Waals surface area contributed by atoms with Crippen molar-refractivity contribution in [2.45, 2.75) is 65.4 Å². The van der Waals surface area contributed by atoms with Crippen molar-refractivity contribution in [3.63, 3.8) is 0 Å². The fraction of sp³-hybridized carbons (Fsp3) is 0.379. The molecule has 0 heterocycles. The van der Waals surface area contributed by atoms with Crippen LogP contribution in [0.5, 0.6) is 17.2 Å². The molecule has 1 fully saturated rings. The smallest absolute Gasteiger partial charge is 0.387 e. The van der Waals surface area contributed by atoms with Crippen molar-refractivity contribution in [2.24, 2.45) is 5.92 Å². The molecule has 0 N–H and O–H groups in total. The maximum Gasteiger partial charge on any atom is 0.387 e. The summed E-state index contributed by atoms with van der Waals surface area (Å²) in [6.07, 6.45) is 6.91. The highest BCUT2D eigenvalue weighted by molar-refractivity contribution is 5.67. The van der Waals surface area contributed by atoms with Gasteiger partial charge in [-0.05, 0) is 79.5 Å². The zero-order valence-corrected chi connectivity index (χ0v) is 19.1. The van der Waals surface area contributed by atoms with Gasteiger partial charge in [-0.25, -0.2) is 8.78 Å². The van der Waals surface area contributed by atoms with Crippen LogP contribution in [0, 0.1) is 17.6 Å².